The smallest absolute Gasteiger partial charge is 0.241 e. The second kappa shape index (κ2) is 10.4. The van der Waals surface area contributed by atoms with E-state index in [0.29, 0.717) is 16.0 Å². The molecule has 1 unspecified atom stereocenters. The van der Waals surface area contributed by atoms with Gasteiger partial charge in [0.25, 0.3) is 0 Å². The molecule has 8 nitrogen and oxygen atoms in total. The molecule has 0 aliphatic heterocycles. The first kappa shape index (κ1) is 25.0. The Kier molecular flexibility index (Phi) is 6.84. The van der Waals surface area contributed by atoms with E-state index in [9.17, 15) is 14.0 Å². The van der Waals surface area contributed by atoms with E-state index in [1.54, 1.807) is 18.6 Å². The number of benzene rings is 2. The topological polar surface area (TPSA) is 112 Å². The molecule has 0 aliphatic carbocycles. The second-order valence-electron chi connectivity index (χ2n) is 8.35. The number of thiophene rings is 1. The first-order valence-electron chi connectivity index (χ1n) is 11.6. The van der Waals surface area contributed by atoms with Crippen LogP contribution in [0.25, 0.3) is 20.8 Å². The highest BCUT2D eigenvalue weighted by Gasteiger charge is 2.28. The van der Waals surface area contributed by atoms with Gasteiger partial charge in [-0.05, 0) is 55.0 Å². The average molecular weight is 534 g/mol. The number of nitrogens with two attached hydrogens (primary N) is 1. The van der Waals surface area contributed by atoms with Crippen LogP contribution in [-0.2, 0) is 16.1 Å². The van der Waals surface area contributed by atoms with Crippen molar-refractivity contribution in [3.05, 3.63) is 90.5 Å². The number of imidazole rings is 1. The van der Waals surface area contributed by atoms with Gasteiger partial charge in [0.1, 0.15) is 17.5 Å². The highest BCUT2D eigenvalue weighted by Crippen LogP contribution is 2.39. The van der Waals surface area contributed by atoms with Gasteiger partial charge in [0.05, 0.1) is 27.1 Å². The van der Waals surface area contributed by atoms with Crippen LogP contribution >= 0.6 is 11.3 Å². The Labute approximate surface area is 219 Å². The molecular weight excluding hydrogens is 512 g/mol. The minimum atomic E-state index is -1.47. The Hall–Kier alpha value is -4.64. The number of amides is 2. The fraction of sp³-hybridized carbons (Fsp3) is 0.111. The molecule has 0 aliphatic rings. The van der Waals surface area contributed by atoms with Crippen molar-refractivity contribution in [3.8, 4) is 22.1 Å². The number of pyridine rings is 1. The van der Waals surface area contributed by atoms with Crippen molar-refractivity contribution >= 4 is 39.1 Å². The summed E-state index contributed by atoms with van der Waals surface area (Å²) >= 11 is 1.42. The molecule has 0 saturated carbocycles. The van der Waals surface area contributed by atoms with Gasteiger partial charge in [-0.25, -0.2) is 13.8 Å². The SMILES string of the molecule is CCn1cnc(-c2cc3nccc(Oc4ccc(C(C(N)=O)C(=O)Nc5ccc(F)cc5)cc4F)c3s2)c1. The molecule has 0 saturated heterocycles. The van der Waals surface area contributed by atoms with Crippen LogP contribution in [0, 0.1) is 11.6 Å². The molecule has 192 valence electrons. The number of anilines is 1. The number of rotatable bonds is 8. The van der Waals surface area contributed by atoms with Crippen molar-refractivity contribution in [2.45, 2.75) is 19.4 Å². The van der Waals surface area contributed by atoms with E-state index in [1.807, 2.05) is 23.8 Å². The molecule has 1 atom stereocenters. The third kappa shape index (κ3) is 5.09. The quantitative estimate of drug-likeness (QED) is 0.257. The fourth-order valence-corrected chi connectivity index (χ4v) is 4.90. The number of aromatic nitrogens is 3. The Morgan fingerprint density at radius 2 is 1.87 bits per heavy atom. The van der Waals surface area contributed by atoms with E-state index in [2.05, 4.69) is 15.3 Å². The van der Waals surface area contributed by atoms with Crippen molar-refractivity contribution in [2.75, 3.05) is 5.32 Å². The van der Waals surface area contributed by atoms with Gasteiger partial charge in [-0.15, -0.1) is 11.3 Å². The van der Waals surface area contributed by atoms with Gasteiger partial charge in [-0.2, -0.15) is 0 Å². The lowest BCUT2D eigenvalue weighted by atomic mass is 9.97. The zero-order valence-electron chi connectivity index (χ0n) is 20.0. The highest BCUT2D eigenvalue weighted by atomic mass is 32.1. The highest BCUT2D eigenvalue weighted by molar-refractivity contribution is 7.22. The molecule has 0 bridgehead atoms. The van der Waals surface area contributed by atoms with Gasteiger partial charge in [-0.1, -0.05) is 6.07 Å². The van der Waals surface area contributed by atoms with Crippen LogP contribution in [-0.4, -0.2) is 26.3 Å². The third-order valence-electron chi connectivity index (χ3n) is 5.79. The summed E-state index contributed by atoms with van der Waals surface area (Å²) in [5.41, 5.74) is 7.25. The Morgan fingerprint density at radius 1 is 1.08 bits per heavy atom. The van der Waals surface area contributed by atoms with Crippen LogP contribution in [0.2, 0.25) is 0 Å². The number of primary amides is 1. The number of nitrogens with zero attached hydrogens (tertiary/aromatic N) is 3. The molecule has 11 heteroatoms. The number of carbonyl (C=O) groups excluding carboxylic acids is 2. The lowest BCUT2D eigenvalue weighted by Gasteiger charge is -2.15. The van der Waals surface area contributed by atoms with Gasteiger partial charge < -0.3 is 20.4 Å². The van der Waals surface area contributed by atoms with Crippen molar-refractivity contribution in [1.29, 1.82) is 0 Å². The minimum absolute atomic E-state index is 0.0479. The van der Waals surface area contributed by atoms with Gasteiger partial charge in [0.15, 0.2) is 11.6 Å². The number of halogens is 2. The van der Waals surface area contributed by atoms with E-state index in [1.165, 1.54) is 35.6 Å². The Balaban J connectivity index is 1.39. The zero-order valence-corrected chi connectivity index (χ0v) is 20.8. The van der Waals surface area contributed by atoms with Gasteiger partial charge in [0.2, 0.25) is 11.8 Å². The molecule has 5 rings (SSSR count). The standard InChI is InChI=1S/C27H21F2N5O3S/c1-2-34-13-20(32-14-34)23-12-19-25(38-23)22(9-10-31-19)37-21-8-3-15(11-18(21)29)24(26(30)35)27(36)33-17-6-4-16(28)5-7-17/h3-14,24H,2H2,1H3,(H2,30,35)(H,33,36). The number of carbonyl (C=O) groups is 2. The van der Waals surface area contributed by atoms with Crippen LogP contribution in [0.3, 0.4) is 0 Å². The molecule has 0 fully saturated rings. The molecule has 2 aromatic carbocycles. The summed E-state index contributed by atoms with van der Waals surface area (Å²) in [6.07, 6.45) is 5.25. The van der Waals surface area contributed by atoms with Gasteiger partial charge in [-0.3, -0.25) is 14.6 Å². The maximum atomic E-state index is 15.1. The van der Waals surface area contributed by atoms with Gasteiger partial charge >= 0.3 is 0 Å². The fourth-order valence-electron chi connectivity index (χ4n) is 3.87. The summed E-state index contributed by atoms with van der Waals surface area (Å²) < 4.78 is 36.8. The number of hydrogen-bond acceptors (Lipinski definition) is 6. The maximum Gasteiger partial charge on any atom is 0.241 e. The molecule has 38 heavy (non-hydrogen) atoms. The Morgan fingerprint density at radius 3 is 2.55 bits per heavy atom. The first-order chi connectivity index (χ1) is 18.3. The summed E-state index contributed by atoms with van der Waals surface area (Å²) in [4.78, 5) is 34.5. The van der Waals surface area contributed by atoms with Crippen LogP contribution in [0.4, 0.5) is 14.5 Å². The van der Waals surface area contributed by atoms with Gasteiger partial charge in [0, 0.05) is 30.7 Å². The molecule has 3 aromatic heterocycles. The van der Waals surface area contributed by atoms with Crippen LogP contribution in [0.5, 0.6) is 11.5 Å². The normalized spacial score (nSPS) is 11.9. The van der Waals surface area contributed by atoms with Crippen LogP contribution < -0.4 is 15.8 Å². The maximum absolute atomic E-state index is 15.1. The monoisotopic (exact) mass is 533 g/mol. The number of hydrogen-bond donors (Lipinski definition) is 2. The molecule has 5 aromatic rings. The van der Waals surface area contributed by atoms with Crippen LogP contribution in [0.1, 0.15) is 18.4 Å². The molecule has 0 spiro atoms. The molecule has 3 N–H and O–H groups in total. The summed E-state index contributed by atoms with van der Waals surface area (Å²) in [5.74, 6) is -4.19. The predicted molar refractivity (Wildman–Crippen MR) is 140 cm³/mol. The number of ether oxygens (including phenoxy) is 1. The largest absolute Gasteiger partial charge is 0.453 e. The van der Waals surface area contributed by atoms with Crippen molar-refractivity contribution in [1.82, 2.24) is 14.5 Å². The number of aryl methyl sites for hydroxylation is 1. The molecular formula is C27H21F2N5O3S. The summed E-state index contributed by atoms with van der Waals surface area (Å²) in [6.45, 7) is 2.82. The third-order valence-corrected chi connectivity index (χ3v) is 6.96. The summed E-state index contributed by atoms with van der Waals surface area (Å²) in [6, 6.07) is 12.3. The van der Waals surface area contributed by atoms with E-state index in [-0.39, 0.29) is 17.0 Å². The lowest BCUT2D eigenvalue weighted by molar-refractivity contribution is -0.127. The number of nitrogens with one attached hydrogen (secondary N) is 1. The van der Waals surface area contributed by atoms with E-state index >= 15 is 4.39 Å². The number of fused-ring (bicyclic) bond motifs is 1. The van der Waals surface area contributed by atoms with Crippen molar-refractivity contribution in [3.63, 3.8) is 0 Å². The molecule has 2 amide bonds. The van der Waals surface area contributed by atoms with Crippen molar-refractivity contribution in [2.24, 2.45) is 5.73 Å². The second-order valence-corrected chi connectivity index (χ2v) is 9.40. The van der Waals surface area contributed by atoms with Crippen LogP contribution in [0.15, 0.2) is 73.3 Å². The summed E-state index contributed by atoms with van der Waals surface area (Å²) in [7, 11) is 0. The summed E-state index contributed by atoms with van der Waals surface area (Å²) in [5, 5.41) is 2.49. The van der Waals surface area contributed by atoms with E-state index in [4.69, 9.17) is 10.5 Å². The zero-order chi connectivity index (χ0) is 26.8. The van der Waals surface area contributed by atoms with E-state index < -0.39 is 29.4 Å². The molecule has 3 heterocycles. The first-order valence-corrected chi connectivity index (χ1v) is 12.4. The molecule has 0 radical (unpaired) electrons. The van der Waals surface area contributed by atoms with E-state index in [0.717, 1.165) is 35.3 Å². The van der Waals surface area contributed by atoms with Crippen molar-refractivity contribution < 1.29 is 23.1 Å². The average Bonchev–Trinajstić information content (AvgIpc) is 3.54. The lowest BCUT2D eigenvalue weighted by Crippen LogP contribution is -2.32. The Bertz CT molecular complexity index is 1650. The predicted octanol–water partition coefficient (Wildman–Crippen LogP) is 5.46. The minimum Gasteiger partial charge on any atom is -0.453 e.